The van der Waals surface area contributed by atoms with Crippen molar-refractivity contribution >= 4 is 0 Å². The fraction of sp³-hybridized carbons (Fsp3) is 0.0769. The van der Waals surface area contributed by atoms with Gasteiger partial charge in [-0.1, -0.05) is 12.1 Å². The number of aromatic nitrogens is 4. The third-order valence-electron chi connectivity index (χ3n) is 2.70. The highest BCUT2D eigenvalue weighted by atomic mass is 19.1. The molecule has 0 saturated carbocycles. The van der Waals surface area contributed by atoms with Crippen LogP contribution in [0.15, 0.2) is 42.9 Å². The molecule has 0 unspecified atom stereocenters. The van der Waals surface area contributed by atoms with Crippen LogP contribution in [0.2, 0.25) is 0 Å². The molecule has 4 nitrogen and oxygen atoms in total. The van der Waals surface area contributed by atoms with Gasteiger partial charge in [0.2, 0.25) is 0 Å². The maximum Gasteiger partial charge on any atom is 0.123 e. The summed E-state index contributed by atoms with van der Waals surface area (Å²) in [5.41, 5.74) is 3.61. The molecule has 90 valence electrons. The zero-order valence-corrected chi connectivity index (χ0v) is 9.52. The Morgan fingerprint density at radius 3 is 2.67 bits per heavy atom. The van der Waals surface area contributed by atoms with E-state index in [1.807, 2.05) is 6.07 Å². The molecule has 0 spiro atoms. The van der Waals surface area contributed by atoms with Crippen molar-refractivity contribution in [3.63, 3.8) is 0 Å². The van der Waals surface area contributed by atoms with Crippen molar-refractivity contribution in [1.29, 1.82) is 0 Å². The molecule has 3 rings (SSSR count). The number of H-pyrrole nitrogens is 2. The molecule has 2 aromatic heterocycles. The first-order chi connectivity index (χ1) is 8.81. The van der Waals surface area contributed by atoms with Crippen LogP contribution >= 0.6 is 0 Å². The van der Waals surface area contributed by atoms with Gasteiger partial charge in [-0.3, -0.25) is 5.10 Å². The van der Waals surface area contributed by atoms with E-state index in [-0.39, 0.29) is 5.82 Å². The van der Waals surface area contributed by atoms with Crippen molar-refractivity contribution in [3.8, 4) is 11.4 Å². The van der Waals surface area contributed by atoms with Crippen molar-refractivity contribution in [1.82, 2.24) is 20.2 Å². The number of nitrogens with zero attached hydrogens (tertiary/aromatic N) is 2. The molecule has 0 atom stereocenters. The number of nitrogens with one attached hydrogen (secondary N) is 2. The largest absolute Gasteiger partial charge is 0.351 e. The number of halogens is 1. The Morgan fingerprint density at radius 2 is 1.94 bits per heavy atom. The molecule has 0 bridgehead atoms. The van der Waals surface area contributed by atoms with Crippen LogP contribution in [0.1, 0.15) is 11.3 Å². The van der Waals surface area contributed by atoms with E-state index in [1.54, 1.807) is 24.7 Å². The Labute approximate surface area is 103 Å². The summed E-state index contributed by atoms with van der Waals surface area (Å²) >= 11 is 0. The van der Waals surface area contributed by atoms with Crippen LogP contribution in [0.5, 0.6) is 0 Å². The van der Waals surface area contributed by atoms with Crippen LogP contribution in [-0.2, 0) is 6.42 Å². The first kappa shape index (κ1) is 10.7. The van der Waals surface area contributed by atoms with Crippen LogP contribution in [0.3, 0.4) is 0 Å². The van der Waals surface area contributed by atoms with Gasteiger partial charge < -0.3 is 4.98 Å². The van der Waals surface area contributed by atoms with Gasteiger partial charge >= 0.3 is 0 Å². The molecule has 0 aliphatic carbocycles. The quantitative estimate of drug-likeness (QED) is 0.741. The van der Waals surface area contributed by atoms with Crippen LogP contribution in [0.4, 0.5) is 4.39 Å². The molecule has 2 heterocycles. The molecule has 0 aliphatic heterocycles. The Kier molecular flexibility index (Phi) is 2.64. The van der Waals surface area contributed by atoms with Gasteiger partial charge in [0.05, 0.1) is 6.33 Å². The average Bonchev–Trinajstić information content (AvgIpc) is 3.02. The van der Waals surface area contributed by atoms with Crippen molar-refractivity contribution < 1.29 is 4.39 Å². The number of hydrogen-bond acceptors (Lipinski definition) is 2. The van der Waals surface area contributed by atoms with Crippen molar-refractivity contribution in [2.45, 2.75) is 6.42 Å². The van der Waals surface area contributed by atoms with E-state index >= 15 is 0 Å². The molecule has 0 radical (unpaired) electrons. The SMILES string of the molecule is Fc1ccc(Cc2cc(-c3c[nH]cn3)n[nH]2)cc1. The zero-order chi connectivity index (χ0) is 12.4. The van der Waals surface area contributed by atoms with Crippen molar-refractivity contribution in [2.24, 2.45) is 0 Å². The number of imidazole rings is 1. The molecule has 5 heteroatoms. The number of rotatable bonds is 3. The first-order valence-electron chi connectivity index (χ1n) is 5.59. The zero-order valence-electron chi connectivity index (χ0n) is 9.52. The Hall–Kier alpha value is -2.43. The number of aromatic amines is 2. The third kappa shape index (κ3) is 2.15. The van der Waals surface area contributed by atoms with Gasteiger partial charge in [0.25, 0.3) is 0 Å². The van der Waals surface area contributed by atoms with E-state index < -0.39 is 0 Å². The molecular formula is C13H11FN4. The van der Waals surface area contributed by atoms with Crippen LogP contribution in [-0.4, -0.2) is 20.2 Å². The van der Waals surface area contributed by atoms with Crippen LogP contribution in [0.25, 0.3) is 11.4 Å². The summed E-state index contributed by atoms with van der Waals surface area (Å²) in [6.07, 6.45) is 4.10. The van der Waals surface area contributed by atoms with Gasteiger partial charge in [0, 0.05) is 18.3 Å². The lowest BCUT2D eigenvalue weighted by Crippen LogP contribution is -1.88. The standard InChI is InChI=1S/C13H11FN4/c14-10-3-1-9(2-4-10)5-11-6-12(18-17-11)13-7-15-8-16-13/h1-4,6-8H,5H2,(H,15,16)(H,17,18). The third-order valence-corrected chi connectivity index (χ3v) is 2.70. The minimum atomic E-state index is -0.222. The Morgan fingerprint density at radius 1 is 1.11 bits per heavy atom. The lowest BCUT2D eigenvalue weighted by Gasteiger charge is -1.97. The summed E-state index contributed by atoms with van der Waals surface area (Å²) in [7, 11) is 0. The fourth-order valence-electron chi connectivity index (χ4n) is 1.81. The topological polar surface area (TPSA) is 57.4 Å². The maximum absolute atomic E-state index is 12.8. The summed E-state index contributed by atoms with van der Waals surface area (Å²) < 4.78 is 12.8. The molecule has 3 aromatic rings. The molecular weight excluding hydrogens is 231 g/mol. The summed E-state index contributed by atoms with van der Waals surface area (Å²) in [5, 5.41) is 7.15. The van der Waals surface area contributed by atoms with Gasteiger partial charge in [0.1, 0.15) is 17.2 Å². The van der Waals surface area contributed by atoms with Gasteiger partial charge in [0.15, 0.2) is 0 Å². The Balaban J connectivity index is 1.80. The summed E-state index contributed by atoms with van der Waals surface area (Å²) in [4.78, 5) is 7.02. The van der Waals surface area contributed by atoms with Gasteiger partial charge in [-0.2, -0.15) is 5.10 Å². The highest BCUT2D eigenvalue weighted by molar-refractivity contribution is 5.53. The van der Waals surface area contributed by atoms with Gasteiger partial charge in [-0.05, 0) is 23.8 Å². The Bertz CT molecular complexity index is 625. The minimum absolute atomic E-state index is 0.222. The second-order valence-corrected chi connectivity index (χ2v) is 4.04. The van der Waals surface area contributed by atoms with Gasteiger partial charge in [-0.25, -0.2) is 9.37 Å². The summed E-state index contributed by atoms with van der Waals surface area (Å²) in [6, 6.07) is 8.40. The van der Waals surface area contributed by atoms with Gasteiger partial charge in [-0.15, -0.1) is 0 Å². The second-order valence-electron chi connectivity index (χ2n) is 4.04. The van der Waals surface area contributed by atoms with E-state index in [9.17, 15) is 4.39 Å². The summed E-state index contributed by atoms with van der Waals surface area (Å²) in [6.45, 7) is 0. The molecule has 0 aliphatic rings. The van der Waals surface area contributed by atoms with Crippen molar-refractivity contribution in [3.05, 3.63) is 59.9 Å². The van der Waals surface area contributed by atoms with E-state index in [0.29, 0.717) is 6.42 Å². The minimum Gasteiger partial charge on any atom is -0.351 e. The summed E-state index contributed by atoms with van der Waals surface area (Å²) in [5.74, 6) is -0.222. The van der Waals surface area contributed by atoms with Crippen LogP contribution in [0, 0.1) is 5.82 Å². The van der Waals surface area contributed by atoms with Crippen molar-refractivity contribution in [2.75, 3.05) is 0 Å². The lowest BCUT2D eigenvalue weighted by molar-refractivity contribution is 0.627. The molecule has 18 heavy (non-hydrogen) atoms. The van der Waals surface area contributed by atoms with Crippen LogP contribution < -0.4 is 0 Å². The number of hydrogen-bond donors (Lipinski definition) is 2. The monoisotopic (exact) mass is 242 g/mol. The average molecular weight is 242 g/mol. The fourth-order valence-corrected chi connectivity index (χ4v) is 1.81. The first-order valence-corrected chi connectivity index (χ1v) is 5.59. The van der Waals surface area contributed by atoms with E-state index in [2.05, 4.69) is 20.2 Å². The van der Waals surface area contributed by atoms with E-state index in [1.165, 1.54) is 12.1 Å². The molecule has 0 saturated heterocycles. The normalized spacial score (nSPS) is 10.7. The highest BCUT2D eigenvalue weighted by Crippen LogP contribution is 2.16. The highest BCUT2D eigenvalue weighted by Gasteiger charge is 2.06. The number of benzene rings is 1. The molecule has 0 amide bonds. The second kappa shape index (κ2) is 4.44. The predicted molar refractivity (Wildman–Crippen MR) is 65.4 cm³/mol. The molecule has 1 aromatic carbocycles. The maximum atomic E-state index is 12.8. The predicted octanol–water partition coefficient (Wildman–Crippen LogP) is 2.53. The lowest BCUT2D eigenvalue weighted by atomic mass is 10.1. The molecule has 2 N–H and O–H groups in total. The van der Waals surface area contributed by atoms with E-state index in [4.69, 9.17) is 0 Å². The molecule has 0 fully saturated rings. The van der Waals surface area contributed by atoms with E-state index in [0.717, 1.165) is 22.6 Å². The smallest absolute Gasteiger partial charge is 0.123 e.